The van der Waals surface area contributed by atoms with E-state index in [9.17, 15) is 118 Å². The first-order valence-corrected chi connectivity index (χ1v) is 46.6. The fourth-order valence-electron chi connectivity index (χ4n) is 31.9. The maximum atomic E-state index is 13.6. The summed E-state index contributed by atoms with van der Waals surface area (Å²) in [5.41, 5.74) is -16.0. The van der Waals surface area contributed by atoms with Crippen molar-refractivity contribution in [2.75, 3.05) is 66.1 Å². The maximum absolute atomic E-state index is 13.6. The average molecular weight is 1810 g/mol. The second-order valence-electron chi connectivity index (χ2n) is 49.4. The van der Waals surface area contributed by atoms with E-state index in [0.717, 1.165) is 182 Å². The summed E-state index contributed by atoms with van der Waals surface area (Å²) in [4.78, 5) is 70.1. The fraction of sp³-hybridized carbons (Fsp3) is 0.937. The monoisotopic (exact) mass is 1810 g/mol. The highest BCUT2D eigenvalue weighted by Crippen LogP contribution is 2.71. The van der Waals surface area contributed by atoms with E-state index in [1.807, 2.05) is 0 Å². The van der Waals surface area contributed by atoms with Crippen molar-refractivity contribution in [3.8, 4) is 0 Å². The van der Waals surface area contributed by atoms with Gasteiger partial charge in [0, 0.05) is 78.7 Å². The summed E-state index contributed by atoms with van der Waals surface area (Å²) in [6, 6.07) is 0. The standard InChI is InChI=1S/C17H25F3O3.C16H23F3O4.2C16H25FO3.C15H22F2O3.C15H23FO4/c1-14(2,17(18,19)20)13(22)23-10-16-6-11-3-12(7-16)5-15(4-11,8-16)9-21;1-12(2,16(17,18)19)11(20)23-9-13-3-10-4-14(21,6-13)8-15(22,5-10)7-13;2*1-14(2,17)13(19)20-10-16-6-11-3-12(7-16)5-15(4-11,8-16)9-18;1-13(16,17)12(19)20-9-15-5-10-2-11(6-15)4-14(3-10,7-15)8-18;1-12(2,16)11(17)20-9-13-3-10-4-14(18,6-13)8-15(19,5-10)7-13/h11-12,21H,3-10H2,1-2H3;10,21-22H,3-9H2,1-2H3;2*11-12,18H,3-10H2,1-2H3;10-11,18H,2-9H2,1H3;10,18-19H,3-9H2,1-2H3. The van der Waals surface area contributed by atoms with Crippen LogP contribution in [0.4, 0.5) is 48.3 Å². The Morgan fingerprint density at radius 1 is 0.238 bits per heavy atom. The zero-order valence-corrected chi connectivity index (χ0v) is 75.9. The number of aliphatic hydroxyl groups is 8. The largest absolute Gasteiger partial charge is 0.464 e. The number of alkyl halides is 11. The average Bonchev–Trinajstić information content (AvgIpc) is 0.685. The number of halogens is 11. The highest BCUT2D eigenvalue weighted by atomic mass is 19.4. The molecule has 24 aliphatic carbocycles. The van der Waals surface area contributed by atoms with Crippen molar-refractivity contribution in [2.45, 2.75) is 365 Å². The Labute approximate surface area is 734 Å². The minimum Gasteiger partial charge on any atom is -0.464 e. The van der Waals surface area contributed by atoms with Crippen molar-refractivity contribution in [2.24, 2.45) is 124 Å². The van der Waals surface area contributed by atoms with Crippen LogP contribution < -0.4 is 0 Å². The summed E-state index contributed by atoms with van der Waals surface area (Å²) in [5, 5.41) is 81.5. The molecule has 24 bridgehead atoms. The van der Waals surface area contributed by atoms with Gasteiger partial charge in [-0.2, -0.15) is 35.1 Å². The number of hydrogen-bond donors (Lipinski definition) is 8. The Morgan fingerprint density at radius 3 is 0.587 bits per heavy atom. The molecule has 24 rings (SSSR count). The molecule has 0 amide bonds. The van der Waals surface area contributed by atoms with E-state index in [1.54, 1.807) is 0 Å². The Bertz CT molecular complexity index is 3720. The molecule has 20 nitrogen and oxygen atoms in total. The molecule has 0 radical (unpaired) electrons. The van der Waals surface area contributed by atoms with Crippen molar-refractivity contribution in [3.63, 3.8) is 0 Å². The minimum absolute atomic E-state index is 0.00623. The predicted molar refractivity (Wildman–Crippen MR) is 435 cm³/mol. The molecular formula is C95H143F11O20. The van der Waals surface area contributed by atoms with Gasteiger partial charge in [-0.1, -0.05) is 0 Å². The first kappa shape index (κ1) is 99.2. The van der Waals surface area contributed by atoms with Gasteiger partial charge in [0.05, 0.1) is 62.0 Å². The molecule has 0 heterocycles. The lowest BCUT2D eigenvalue weighted by molar-refractivity contribution is -0.249. The van der Waals surface area contributed by atoms with Gasteiger partial charge in [-0.15, -0.1) is 0 Å². The molecular weight excluding hydrogens is 1670 g/mol. The van der Waals surface area contributed by atoms with Gasteiger partial charge in [-0.05, 0) is 368 Å². The van der Waals surface area contributed by atoms with Crippen LogP contribution in [0.2, 0.25) is 0 Å². The summed E-state index contributed by atoms with van der Waals surface area (Å²) in [6.45, 7) is 12.7. The smallest absolute Gasteiger partial charge is 0.404 e. The molecule has 0 aromatic heterocycles. The lowest BCUT2D eigenvalue weighted by Crippen LogP contribution is -2.64. The Balaban J connectivity index is 0.000000130. The summed E-state index contributed by atoms with van der Waals surface area (Å²) in [6.07, 6.45) is 22.3. The number of carbonyl (C=O) groups is 6. The van der Waals surface area contributed by atoms with Gasteiger partial charge in [0.25, 0.3) is 0 Å². The molecule has 0 aromatic rings. The van der Waals surface area contributed by atoms with Crippen molar-refractivity contribution >= 4 is 35.8 Å². The van der Waals surface area contributed by atoms with Crippen LogP contribution in [0.1, 0.15) is 307 Å². The summed E-state index contributed by atoms with van der Waals surface area (Å²) in [5.74, 6) is -4.56. The quantitative estimate of drug-likeness (QED) is 0.0284. The van der Waals surface area contributed by atoms with Gasteiger partial charge in [0.15, 0.2) is 10.8 Å². The molecule has 720 valence electrons. The zero-order chi connectivity index (χ0) is 93.0. The Kier molecular flexibility index (Phi) is 26.3. The van der Waals surface area contributed by atoms with Crippen LogP contribution in [0.5, 0.6) is 0 Å². The Morgan fingerprint density at radius 2 is 0.413 bits per heavy atom. The van der Waals surface area contributed by atoms with Crippen molar-refractivity contribution in [1.29, 1.82) is 0 Å². The number of hydrogen-bond acceptors (Lipinski definition) is 20. The van der Waals surface area contributed by atoms with E-state index in [2.05, 4.69) is 0 Å². The van der Waals surface area contributed by atoms with Crippen LogP contribution in [0.25, 0.3) is 0 Å². The van der Waals surface area contributed by atoms with Crippen LogP contribution in [0.3, 0.4) is 0 Å². The molecule has 24 fully saturated rings. The molecule has 12 atom stereocenters. The van der Waals surface area contributed by atoms with E-state index in [4.69, 9.17) is 28.4 Å². The lowest BCUT2D eigenvalue weighted by Gasteiger charge is -2.63. The van der Waals surface area contributed by atoms with E-state index in [-0.39, 0.29) is 113 Å². The van der Waals surface area contributed by atoms with Gasteiger partial charge < -0.3 is 69.3 Å². The highest BCUT2D eigenvalue weighted by Gasteiger charge is 2.68. The SMILES string of the molecule is CC(C)(C(=O)OCC12CC3CC(CC(CO)(C3)C1)C2)C(F)(F)F.CC(C)(C(=O)OCC12CC3CC(O)(CC(O)(C3)C1)C2)C(F)(F)F.CC(C)(F)C(=O)OCC12CC3CC(CC(CO)(C3)C1)C2.CC(C)(F)C(=O)OCC12CC3CC(CC(CO)(C3)C1)C2.CC(C)(F)C(=O)OCC12CC3CC(O)(CC(O)(C3)C1)C2.CC(F)(F)C(=O)OCC12CC3CC(CC(CO)(C3)C1)C2. The fourth-order valence-corrected chi connectivity index (χ4v) is 31.9. The molecule has 0 aliphatic heterocycles. The topological polar surface area (TPSA) is 320 Å². The first-order valence-electron chi connectivity index (χ1n) is 46.6. The normalized spacial score (nSPS) is 42.8. The zero-order valence-electron chi connectivity index (χ0n) is 75.9. The third-order valence-electron chi connectivity index (χ3n) is 34.1. The molecule has 0 saturated heterocycles. The highest BCUT2D eigenvalue weighted by molar-refractivity contribution is 5.80. The van der Waals surface area contributed by atoms with Crippen LogP contribution in [0, 0.1) is 124 Å². The first-order chi connectivity index (χ1) is 57.6. The van der Waals surface area contributed by atoms with Crippen LogP contribution in [-0.4, -0.2) is 200 Å². The second kappa shape index (κ2) is 33.4. The summed E-state index contributed by atoms with van der Waals surface area (Å²) >= 11 is 0. The number of carbonyl (C=O) groups excluding carboxylic acids is 6. The molecule has 0 aromatic carbocycles. The van der Waals surface area contributed by atoms with E-state index >= 15 is 0 Å². The molecule has 0 spiro atoms. The predicted octanol–water partition coefficient (Wildman–Crippen LogP) is 16.5. The van der Waals surface area contributed by atoms with E-state index in [1.165, 1.54) is 60.8 Å². The van der Waals surface area contributed by atoms with Crippen molar-refractivity contribution < 1.29 is 146 Å². The third-order valence-corrected chi connectivity index (χ3v) is 34.1. The number of rotatable bonds is 22. The lowest BCUT2D eigenvalue weighted by atomic mass is 9.44. The van der Waals surface area contributed by atoms with Gasteiger partial charge in [-0.3, -0.25) is 9.59 Å². The number of aliphatic hydroxyl groups excluding tert-OH is 4. The van der Waals surface area contributed by atoms with Crippen LogP contribution >= 0.6 is 0 Å². The molecule has 8 N–H and O–H groups in total. The molecule has 31 heteroatoms. The summed E-state index contributed by atoms with van der Waals surface area (Å²) in [7, 11) is 0. The van der Waals surface area contributed by atoms with Crippen molar-refractivity contribution in [1.82, 2.24) is 0 Å². The van der Waals surface area contributed by atoms with E-state index < -0.39 is 110 Å². The molecule has 24 aliphatic rings. The van der Waals surface area contributed by atoms with Gasteiger partial charge in [0.1, 0.15) is 0 Å². The van der Waals surface area contributed by atoms with Gasteiger partial charge in [-0.25, -0.2) is 32.3 Å². The summed E-state index contributed by atoms with van der Waals surface area (Å²) < 4.78 is 175. The van der Waals surface area contributed by atoms with E-state index in [0.29, 0.717) is 125 Å². The minimum atomic E-state index is -4.68. The molecule has 12 unspecified atom stereocenters. The molecule has 126 heavy (non-hydrogen) atoms. The molecule has 24 saturated carbocycles. The number of esters is 6. The second-order valence-corrected chi connectivity index (χ2v) is 49.4. The number of ether oxygens (including phenoxy) is 6. The maximum Gasteiger partial charge on any atom is 0.404 e. The Hall–Kier alpha value is -4.27. The van der Waals surface area contributed by atoms with Gasteiger partial charge >= 0.3 is 54.1 Å². The van der Waals surface area contributed by atoms with Crippen LogP contribution in [0.15, 0.2) is 0 Å². The third kappa shape index (κ3) is 21.0. The van der Waals surface area contributed by atoms with Gasteiger partial charge in [0.2, 0.25) is 17.0 Å². The van der Waals surface area contributed by atoms with Crippen LogP contribution in [-0.2, 0) is 57.2 Å². The van der Waals surface area contributed by atoms with Crippen molar-refractivity contribution in [3.05, 3.63) is 0 Å².